The molecular formula is C11H17N3O2. The van der Waals surface area contributed by atoms with E-state index in [0.29, 0.717) is 19.0 Å². The second-order valence-corrected chi connectivity index (χ2v) is 3.39. The molecule has 0 spiro atoms. The fraction of sp³-hybridized carbons (Fsp3) is 0.455. The zero-order valence-corrected chi connectivity index (χ0v) is 9.91. The first kappa shape index (κ1) is 12.4. The predicted octanol–water partition coefficient (Wildman–Crippen LogP) is 0.926. The van der Waals surface area contributed by atoms with E-state index < -0.39 is 0 Å². The Bertz CT molecular complexity index is 438. The molecule has 1 rings (SSSR count). The van der Waals surface area contributed by atoms with Gasteiger partial charge in [0.05, 0.1) is 6.61 Å². The van der Waals surface area contributed by atoms with Gasteiger partial charge in [0.25, 0.3) is 0 Å². The van der Waals surface area contributed by atoms with E-state index in [9.17, 15) is 4.79 Å². The third-order valence-electron chi connectivity index (χ3n) is 2.40. The molecule has 5 heteroatoms. The van der Waals surface area contributed by atoms with E-state index in [-0.39, 0.29) is 5.69 Å². The number of rotatable bonds is 5. The van der Waals surface area contributed by atoms with E-state index in [1.807, 2.05) is 6.92 Å². The zero-order chi connectivity index (χ0) is 12.1. The van der Waals surface area contributed by atoms with E-state index in [0.717, 1.165) is 11.3 Å². The molecule has 5 nitrogen and oxygen atoms in total. The Labute approximate surface area is 94.8 Å². The quantitative estimate of drug-likeness (QED) is 0.754. The van der Waals surface area contributed by atoms with Crippen LogP contribution >= 0.6 is 0 Å². The maximum Gasteiger partial charge on any atom is 0.350 e. The third kappa shape index (κ3) is 2.30. The van der Waals surface area contributed by atoms with Crippen LogP contribution in [0.25, 0.3) is 0 Å². The second-order valence-electron chi connectivity index (χ2n) is 3.39. The van der Waals surface area contributed by atoms with E-state index in [1.54, 1.807) is 24.8 Å². The smallest absolute Gasteiger partial charge is 0.350 e. The molecule has 0 aliphatic heterocycles. The fourth-order valence-electron chi connectivity index (χ4n) is 1.57. The summed E-state index contributed by atoms with van der Waals surface area (Å²) in [6.07, 6.45) is 1.67. The van der Waals surface area contributed by atoms with Gasteiger partial charge in [-0.25, -0.2) is 4.79 Å². The number of allylic oxidation sites excluding steroid dienone is 1. The highest BCUT2D eigenvalue weighted by Crippen LogP contribution is 2.15. The molecule has 0 atom stereocenters. The lowest BCUT2D eigenvalue weighted by molar-refractivity contribution is 0.183. The number of anilines is 1. The summed E-state index contributed by atoms with van der Waals surface area (Å²) in [6, 6.07) is 0. The summed E-state index contributed by atoms with van der Waals surface area (Å²) < 4.78 is 6.67. The van der Waals surface area contributed by atoms with Crippen LogP contribution in [-0.2, 0) is 17.9 Å². The van der Waals surface area contributed by atoms with Crippen molar-refractivity contribution >= 4 is 5.82 Å². The molecule has 0 saturated carbocycles. The second kappa shape index (κ2) is 5.46. The summed E-state index contributed by atoms with van der Waals surface area (Å²) in [4.78, 5) is 15.6. The van der Waals surface area contributed by atoms with E-state index in [4.69, 9.17) is 4.74 Å². The minimum absolute atomic E-state index is 0.276. The number of hydrogen-bond donors (Lipinski definition) is 1. The van der Waals surface area contributed by atoms with Crippen molar-refractivity contribution in [3.8, 4) is 0 Å². The summed E-state index contributed by atoms with van der Waals surface area (Å²) in [6.45, 7) is 6.38. The lowest BCUT2D eigenvalue weighted by Crippen LogP contribution is -2.27. The first-order chi connectivity index (χ1) is 7.65. The van der Waals surface area contributed by atoms with Gasteiger partial charge in [0.15, 0.2) is 0 Å². The van der Waals surface area contributed by atoms with Crippen LogP contribution in [0.5, 0.6) is 0 Å². The molecule has 0 amide bonds. The monoisotopic (exact) mass is 223 g/mol. The van der Waals surface area contributed by atoms with E-state index in [2.05, 4.69) is 16.9 Å². The van der Waals surface area contributed by atoms with Crippen LogP contribution in [-0.4, -0.2) is 23.7 Å². The lowest BCUT2D eigenvalue weighted by Gasteiger charge is -2.14. The topological polar surface area (TPSA) is 56.1 Å². The van der Waals surface area contributed by atoms with Gasteiger partial charge in [-0.2, -0.15) is 4.98 Å². The molecule has 0 unspecified atom stereocenters. The number of nitrogens with one attached hydrogen (secondary N) is 1. The van der Waals surface area contributed by atoms with E-state index >= 15 is 0 Å². The van der Waals surface area contributed by atoms with Gasteiger partial charge in [0.1, 0.15) is 5.82 Å². The SMILES string of the molecule is C=CCn1c(C)c(COC)c(NC)nc1=O. The number of methoxy groups -OCH3 is 1. The molecular weight excluding hydrogens is 206 g/mol. The molecule has 0 saturated heterocycles. The fourth-order valence-corrected chi connectivity index (χ4v) is 1.57. The van der Waals surface area contributed by atoms with Crippen molar-refractivity contribution < 1.29 is 4.74 Å². The third-order valence-corrected chi connectivity index (χ3v) is 2.40. The molecule has 1 aromatic heterocycles. The van der Waals surface area contributed by atoms with Crippen LogP contribution in [0.1, 0.15) is 11.3 Å². The van der Waals surface area contributed by atoms with Crippen molar-refractivity contribution in [2.24, 2.45) is 0 Å². The average molecular weight is 223 g/mol. The Morgan fingerprint density at radius 1 is 1.62 bits per heavy atom. The van der Waals surface area contributed by atoms with Crippen LogP contribution in [0.3, 0.4) is 0 Å². The summed E-state index contributed by atoms with van der Waals surface area (Å²) in [5, 5.41) is 2.90. The Morgan fingerprint density at radius 3 is 2.81 bits per heavy atom. The molecule has 88 valence electrons. The van der Waals surface area contributed by atoms with Crippen molar-refractivity contribution in [3.63, 3.8) is 0 Å². The van der Waals surface area contributed by atoms with Crippen LogP contribution in [0.2, 0.25) is 0 Å². The molecule has 0 bridgehead atoms. The number of nitrogens with zero attached hydrogens (tertiary/aromatic N) is 2. The molecule has 1 aromatic rings. The summed E-state index contributed by atoms with van der Waals surface area (Å²) >= 11 is 0. The zero-order valence-electron chi connectivity index (χ0n) is 9.91. The standard InChI is InChI=1S/C11H17N3O2/c1-5-6-14-8(2)9(7-16-4)10(12-3)13-11(14)15/h5H,1,6-7H2,2-4H3,(H,12,13,15). The van der Waals surface area contributed by atoms with Gasteiger partial charge in [-0.1, -0.05) is 6.08 Å². The highest BCUT2D eigenvalue weighted by atomic mass is 16.5. The van der Waals surface area contributed by atoms with Gasteiger partial charge >= 0.3 is 5.69 Å². The molecule has 0 aromatic carbocycles. The molecule has 0 fully saturated rings. The molecule has 0 aliphatic carbocycles. The molecule has 1 N–H and O–H groups in total. The Kier molecular flexibility index (Phi) is 4.25. The van der Waals surface area contributed by atoms with Gasteiger partial charge in [-0.15, -0.1) is 6.58 Å². The van der Waals surface area contributed by atoms with Crippen molar-refractivity contribution in [2.45, 2.75) is 20.1 Å². The average Bonchev–Trinajstić information content (AvgIpc) is 2.28. The van der Waals surface area contributed by atoms with Crippen LogP contribution in [0.4, 0.5) is 5.82 Å². The maximum absolute atomic E-state index is 11.7. The minimum Gasteiger partial charge on any atom is -0.380 e. The predicted molar refractivity (Wildman–Crippen MR) is 63.7 cm³/mol. The number of aromatic nitrogens is 2. The molecule has 1 heterocycles. The van der Waals surface area contributed by atoms with Crippen molar-refractivity contribution in [1.29, 1.82) is 0 Å². The normalized spacial score (nSPS) is 10.2. The maximum atomic E-state index is 11.7. The lowest BCUT2D eigenvalue weighted by atomic mass is 10.2. The summed E-state index contributed by atoms with van der Waals surface area (Å²) in [7, 11) is 3.35. The Balaban J connectivity index is 3.38. The van der Waals surface area contributed by atoms with Gasteiger partial charge in [-0.3, -0.25) is 4.57 Å². The Hall–Kier alpha value is -1.62. The first-order valence-electron chi connectivity index (χ1n) is 5.03. The highest BCUT2D eigenvalue weighted by Gasteiger charge is 2.12. The summed E-state index contributed by atoms with van der Waals surface area (Å²) in [5.41, 5.74) is 1.47. The van der Waals surface area contributed by atoms with Gasteiger partial charge in [0, 0.05) is 32.0 Å². The van der Waals surface area contributed by atoms with Gasteiger partial charge in [0.2, 0.25) is 0 Å². The highest BCUT2D eigenvalue weighted by molar-refractivity contribution is 5.45. The van der Waals surface area contributed by atoms with Gasteiger partial charge < -0.3 is 10.1 Å². The Morgan fingerprint density at radius 2 is 2.31 bits per heavy atom. The van der Waals surface area contributed by atoms with Crippen molar-refractivity contribution in [2.75, 3.05) is 19.5 Å². The molecule has 16 heavy (non-hydrogen) atoms. The summed E-state index contributed by atoms with van der Waals surface area (Å²) in [5.74, 6) is 0.574. The molecule has 0 radical (unpaired) electrons. The number of hydrogen-bond acceptors (Lipinski definition) is 4. The number of ether oxygens (including phenoxy) is 1. The van der Waals surface area contributed by atoms with Crippen molar-refractivity contribution in [3.05, 3.63) is 34.4 Å². The van der Waals surface area contributed by atoms with Gasteiger partial charge in [-0.05, 0) is 6.92 Å². The van der Waals surface area contributed by atoms with Crippen LogP contribution in [0.15, 0.2) is 17.4 Å². The van der Waals surface area contributed by atoms with E-state index in [1.165, 1.54) is 0 Å². The van der Waals surface area contributed by atoms with Crippen molar-refractivity contribution in [1.82, 2.24) is 9.55 Å². The van der Waals surface area contributed by atoms with Crippen LogP contribution in [0, 0.1) is 6.92 Å². The van der Waals surface area contributed by atoms with Crippen LogP contribution < -0.4 is 11.0 Å². The largest absolute Gasteiger partial charge is 0.380 e. The first-order valence-corrected chi connectivity index (χ1v) is 5.03. The minimum atomic E-state index is -0.276. The molecule has 0 aliphatic rings.